The highest BCUT2D eigenvalue weighted by atomic mass is 16.4. The fraction of sp³-hybridized carbons (Fsp3) is 0.750. The topological polar surface area (TPSA) is 83.3 Å². The second-order valence-electron chi connectivity index (χ2n) is 4.92. The minimum Gasteiger partial charge on any atom is -0.476 e. The Labute approximate surface area is 112 Å². The summed E-state index contributed by atoms with van der Waals surface area (Å²) in [5.74, 6) is -0.310. The number of carboxylic acid groups (broad SMARTS) is 1. The van der Waals surface area contributed by atoms with Crippen molar-refractivity contribution in [2.75, 3.05) is 32.7 Å². The molecule has 2 heterocycles. The van der Waals surface area contributed by atoms with Crippen LogP contribution in [0.5, 0.6) is 0 Å². The van der Waals surface area contributed by atoms with Gasteiger partial charge in [0.2, 0.25) is 0 Å². The highest BCUT2D eigenvalue weighted by Gasteiger charge is 2.20. The molecule has 0 bridgehead atoms. The number of carbonyl (C=O) groups is 1. The van der Waals surface area contributed by atoms with Gasteiger partial charge in [0.1, 0.15) is 0 Å². The molecule has 1 aromatic rings. The zero-order valence-corrected chi connectivity index (χ0v) is 11.2. The summed E-state index contributed by atoms with van der Waals surface area (Å²) in [6, 6.07) is 0. The summed E-state index contributed by atoms with van der Waals surface area (Å²) in [6.45, 7) is 8.14. The number of hydrogen-bond donors (Lipinski definition) is 2. The van der Waals surface area contributed by atoms with E-state index in [-0.39, 0.29) is 5.69 Å². The minimum atomic E-state index is -1.04. The van der Waals surface area contributed by atoms with E-state index in [0.717, 1.165) is 25.6 Å². The lowest BCUT2D eigenvalue weighted by atomic mass is 10.1. The molecule has 106 valence electrons. The van der Waals surface area contributed by atoms with Crippen LogP contribution in [0.3, 0.4) is 0 Å². The van der Waals surface area contributed by atoms with Crippen molar-refractivity contribution >= 4 is 5.97 Å². The fourth-order valence-electron chi connectivity index (χ4n) is 2.37. The maximum Gasteiger partial charge on any atom is 0.358 e. The molecule has 7 nitrogen and oxygen atoms in total. The first-order valence-electron chi connectivity index (χ1n) is 6.75. The van der Waals surface area contributed by atoms with Crippen LogP contribution in [-0.4, -0.2) is 63.7 Å². The molecular weight excluding hydrogens is 246 g/mol. The van der Waals surface area contributed by atoms with Crippen LogP contribution in [0.4, 0.5) is 0 Å². The van der Waals surface area contributed by atoms with Gasteiger partial charge in [-0.05, 0) is 32.0 Å². The first kappa shape index (κ1) is 14.0. The van der Waals surface area contributed by atoms with E-state index in [1.165, 1.54) is 25.7 Å². The number of nitrogens with one attached hydrogen (secondary N) is 1. The summed E-state index contributed by atoms with van der Waals surface area (Å²) >= 11 is 0. The molecule has 0 aliphatic carbocycles. The van der Waals surface area contributed by atoms with Gasteiger partial charge in [-0.25, -0.2) is 4.79 Å². The molecule has 2 N–H and O–H groups in total. The van der Waals surface area contributed by atoms with E-state index in [1.54, 1.807) is 4.68 Å². The fourth-order valence-corrected chi connectivity index (χ4v) is 2.37. The lowest BCUT2D eigenvalue weighted by Gasteiger charge is -2.13. The summed E-state index contributed by atoms with van der Waals surface area (Å²) in [7, 11) is 0. The molecule has 0 spiro atoms. The number of aromatic nitrogens is 3. The number of aromatic carboxylic acids is 1. The van der Waals surface area contributed by atoms with Crippen LogP contribution in [0.1, 0.15) is 23.8 Å². The third-order valence-electron chi connectivity index (χ3n) is 3.53. The Bertz CT molecular complexity index is 420. The SMILES string of the molecule is CCN1CCC(CNCCn2cc(C(=O)O)nn2)C1. The van der Waals surface area contributed by atoms with Crippen LogP contribution in [0.15, 0.2) is 6.20 Å². The summed E-state index contributed by atoms with van der Waals surface area (Å²) in [4.78, 5) is 13.1. The molecule has 0 amide bonds. The molecule has 1 aliphatic rings. The standard InChI is InChI=1S/C12H21N5O2/c1-2-16-5-3-10(8-16)7-13-4-6-17-9-11(12(18)19)14-15-17/h9-10,13H,2-8H2,1H3,(H,18,19). The molecule has 0 aromatic carbocycles. The number of hydrogen-bond acceptors (Lipinski definition) is 5. The zero-order valence-electron chi connectivity index (χ0n) is 11.2. The van der Waals surface area contributed by atoms with Crippen molar-refractivity contribution in [2.24, 2.45) is 5.92 Å². The lowest BCUT2D eigenvalue weighted by molar-refractivity contribution is 0.0690. The third kappa shape index (κ3) is 4.00. The number of nitrogens with zero attached hydrogens (tertiary/aromatic N) is 4. The van der Waals surface area contributed by atoms with Gasteiger partial charge in [0.05, 0.1) is 12.7 Å². The van der Waals surface area contributed by atoms with E-state index in [0.29, 0.717) is 6.54 Å². The van der Waals surface area contributed by atoms with Gasteiger partial charge in [-0.3, -0.25) is 4.68 Å². The van der Waals surface area contributed by atoms with E-state index < -0.39 is 5.97 Å². The second-order valence-corrected chi connectivity index (χ2v) is 4.92. The highest BCUT2D eigenvalue weighted by Crippen LogP contribution is 2.14. The largest absolute Gasteiger partial charge is 0.476 e. The maximum absolute atomic E-state index is 10.6. The normalized spacial score (nSPS) is 19.9. The van der Waals surface area contributed by atoms with Crippen LogP contribution >= 0.6 is 0 Å². The number of likely N-dealkylation sites (tertiary alicyclic amines) is 1. The highest BCUT2D eigenvalue weighted by molar-refractivity contribution is 5.84. The Morgan fingerprint density at radius 1 is 1.63 bits per heavy atom. The summed E-state index contributed by atoms with van der Waals surface area (Å²) in [5, 5.41) is 19.5. The van der Waals surface area contributed by atoms with Crippen molar-refractivity contribution in [2.45, 2.75) is 19.9 Å². The van der Waals surface area contributed by atoms with E-state index in [9.17, 15) is 4.79 Å². The molecule has 2 rings (SSSR count). The average molecular weight is 267 g/mol. The summed E-state index contributed by atoms with van der Waals surface area (Å²) in [5.41, 5.74) is -0.00520. The van der Waals surface area contributed by atoms with E-state index in [4.69, 9.17) is 5.11 Å². The molecule has 0 radical (unpaired) electrons. The maximum atomic E-state index is 10.6. The Morgan fingerprint density at radius 2 is 2.47 bits per heavy atom. The van der Waals surface area contributed by atoms with Gasteiger partial charge in [-0.15, -0.1) is 5.10 Å². The van der Waals surface area contributed by atoms with Crippen LogP contribution in [-0.2, 0) is 6.54 Å². The van der Waals surface area contributed by atoms with Crippen molar-refractivity contribution in [3.05, 3.63) is 11.9 Å². The van der Waals surface area contributed by atoms with Crippen molar-refractivity contribution < 1.29 is 9.90 Å². The first-order valence-corrected chi connectivity index (χ1v) is 6.75. The number of rotatable bonds is 7. The third-order valence-corrected chi connectivity index (χ3v) is 3.53. The molecule has 7 heteroatoms. The van der Waals surface area contributed by atoms with Gasteiger partial charge in [0.15, 0.2) is 5.69 Å². The number of carboxylic acids is 1. The van der Waals surface area contributed by atoms with Gasteiger partial charge in [-0.2, -0.15) is 0 Å². The Balaban J connectivity index is 1.62. The molecule has 1 aromatic heterocycles. The average Bonchev–Trinajstić information content (AvgIpc) is 3.03. The molecule has 1 saturated heterocycles. The predicted molar refractivity (Wildman–Crippen MR) is 70.1 cm³/mol. The Hall–Kier alpha value is -1.47. The Morgan fingerprint density at radius 3 is 3.11 bits per heavy atom. The van der Waals surface area contributed by atoms with Crippen LogP contribution in [0.25, 0.3) is 0 Å². The van der Waals surface area contributed by atoms with E-state index >= 15 is 0 Å². The van der Waals surface area contributed by atoms with Gasteiger partial charge in [0.25, 0.3) is 0 Å². The molecule has 1 aliphatic heterocycles. The van der Waals surface area contributed by atoms with Gasteiger partial charge < -0.3 is 15.3 Å². The van der Waals surface area contributed by atoms with Gasteiger partial charge in [-0.1, -0.05) is 12.1 Å². The quantitative estimate of drug-likeness (QED) is 0.672. The van der Waals surface area contributed by atoms with Crippen molar-refractivity contribution in [3.8, 4) is 0 Å². The van der Waals surface area contributed by atoms with Crippen molar-refractivity contribution in [1.82, 2.24) is 25.2 Å². The second kappa shape index (κ2) is 6.63. The summed E-state index contributed by atoms with van der Waals surface area (Å²) < 4.78 is 1.56. The van der Waals surface area contributed by atoms with Gasteiger partial charge >= 0.3 is 5.97 Å². The smallest absolute Gasteiger partial charge is 0.358 e. The van der Waals surface area contributed by atoms with E-state index in [1.807, 2.05) is 0 Å². The molecule has 1 fully saturated rings. The van der Waals surface area contributed by atoms with Crippen molar-refractivity contribution in [1.29, 1.82) is 0 Å². The van der Waals surface area contributed by atoms with E-state index in [2.05, 4.69) is 27.5 Å². The first-order chi connectivity index (χ1) is 9.19. The predicted octanol–water partition coefficient (Wildman–Crippen LogP) is -0.0923. The monoisotopic (exact) mass is 267 g/mol. The minimum absolute atomic E-state index is 0.00520. The lowest BCUT2D eigenvalue weighted by Crippen LogP contribution is -2.28. The molecular formula is C12H21N5O2. The van der Waals surface area contributed by atoms with Crippen LogP contribution < -0.4 is 5.32 Å². The molecule has 0 saturated carbocycles. The van der Waals surface area contributed by atoms with Crippen molar-refractivity contribution in [3.63, 3.8) is 0 Å². The van der Waals surface area contributed by atoms with Crippen LogP contribution in [0, 0.1) is 5.92 Å². The molecule has 19 heavy (non-hydrogen) atoms. The Kier molecular flexibility index (Phi) is 4.86. The molecule has 1 unspecified atom stereocenters. The molecule has 1 atom stereocenters. The van der Waals surface area contributed by atoms with Crippen LogP contribution in [0.2, 0.25) is 0 Å². The zero-order chi connectivity index (χ0) is 13.7. The van der Waals surface area contributed by atoms with Gasteiger partial charge in [0, 0.05) is 13.1 Å². The summed E-state index contributed by atoms with van der Waals surface area (Å²) in [6.07, 6.45) is 2.71.